The number of guanidine groups is 1. The third-order valence-corrected chi connectivity index (χ3v) is 4.29. The minimum Gasteiger partial charge on any atom is -0.379 e. The lowest BCUT2D eigenvalue weighted by molar-refractivity contribution is 0.0220. The van der Waals surface area contributed by atoms with Crippen LogP contribution < -0.4 is 5.73 Å². The molecule has 0 aromatic heterocycles. The van der Waals surface area contributed by atoms with E-state index in [1.165, 1.54) is 12.8 Å². The van der Waals surface area contributed by atoms with Gasteiger partial charge in [-0.15, -0.1) is 24.0 Å². The lowest BCUT2D eigenvalue weighted by Gasteiger charge is -2.33. The second-order valence-electron chi connectivity index (χ2n) is 5.87. The van der Waals surface area contributed by atoms with Crippen LogP contribution in [0.5, 0.6) is 0 Å². The number of rotatable bonds is 3. The van der Waals surface area contributed by atoms with Crippen molar-refractivity contribution in [2.24, 2.45) is 16.6 Å². The smallest absolute Gasteiger partial charge is 0.191 e. The minimum absolute atomic E-state index is 0. The summed E-state index contributed by atoms with van der Waals surface area (Å²) in [6, 6.07) is 0.450. The maximum absolute atomic E-state index is 6.10. The Kier molecular flexibility index (Phi) is 8.13. The molecule has 2 aliphatic rings. The normalized spacial score (nSPS) is 24.3. The molecule has 2 heterocycles. The highest BCUT2D eigenvalue weighted by Gasteiger charge is 2.19. The summed E-state index contributed by atoms with van der Waals surface area (Å²) in [4.78, 5) is 9.24. The molecule has 0 saturated carbocycles. The maximum Gasteiger partial charge on any atom is 0.191 e. The van der Waals surface area contributed by atoms with Crippen LogP contribution >= 0.6 is 24.0 Å². The molecule has 0 aromatic rings. The molecule has 0 bridgehead atoms. The van der Waals surface area contributed by atoms with Gasteiger partial charge in [-0.25, -0.2) is 0 Å². The standard InChI is InChI=1S/C14H28N4O.HI/c1-12-3-5-18(6-4-12)14(15)16-11-13(2)17-7-9-19-10-8-17;/h12-13H,3-11H2,1-2H3,(H2,15,16);1H. The van der Waals surface area contributed by atoms with Crippen LogP contribution in [0.15, 0.2) is 4.99 Å². The van der Waals surface area contributed by atoms with Gasteiger partial charge in [-0.05, 0) is 25.7 Å². The highest BCUT2D eigenvalue weighted by atomic mass is 127. The van der Waals surface area contributed by atoms with E-state index in [1.807, 2.05) is 0 Å². The molecule has 0 radical (unpaired) electrons. The Balaban J connectivity index is 0.00000200. The summed E-state index contributed by atoms with van der Waals surface area (Å²) >= 11 is 0. The van der Waals surface area contributed by atoms with Gasteiger partial charge in [0.1, 0.15) is 0 Å². The quantitative estimate of drug-likeness (QED) is 0.445. The number of ether oxygens (including phenoxy) is 1. The number of piperidine rings is 1. The van der Waals surface area contributed by atoms with Gasteiger partial charge in [-0.2, -0.15) is 0 Å². The molecule has 2 aliphatic heterocycles. The lowest BCUT2D eigenvalue weighted by atomic mass is 10.00. The van der Waals surface area contributed by atoms with Crippen molar-refractivity contribution in [2.75, 3.05) is 45.9 Å². The third-order valence-electron chi connectivity index (χ3n) is 4.29. The summed E-state index contributed by atoms with van der Waals surface area (Å²) < 4.78 is 5.37. The Morgan fingerprint density at radius 1 is 1.25 bits per heavy atom. The van der Waals surface area contributed by atoms with E-state index in [0.29, 0.717) is 6.04 Å². The van der Waals surface area contributed by atoms with Gasteiger partial charge < -0.3 is 15.4 Å². The average Bonchev–Trinajstić information content (AvgIpc) is 2.46. The fourth-order valence-corrected chi connectivity index (χ4v) is 2.70. The Hall–Kier alpha value is -0.0800. The zero-order chi connectivity index (χ0) is 13.7. The van der Waals surface area contributed by atoms with E-state index in [2.05, 4.69) is 28.6 Å². The van der Waals surface area contributed by atoms with Crippen molar-refractivity contribution in [3.05, 3.63) is 0 Å². The van der Waals surface area contributed by atoms with Crippen molar-refractivity contribution in [1.29, 1.82) is 0 Å². The topological polar surface area (TPSA) is 54.1 Å². The van der Waals surface area contributed by atoms with E-state index >= 15 is 0 Å². The zero-order valence-corrected chi connectivity index (χ0v) is 15.1. The van der Waals surface area contributed by atoms with Crippen molar-refractivity contribution in [3.8, 4) is 0 Å². The molecule has 20 heavy (non-hydrogen) atoms. The molecule has 0 spiro atoms. The molecular formula is C14H29IN4O. The second-order valence-corrected chi connectivity index (χ2v) is 5.87. The predicted molar refractivity (Wildman–Crippen MR) is 93.7 cm³/mol. The summed E-state index contributed by atoms with van der Waals surface area (Å²) in [6.07, 6.45) is 2.46. The van der Waals surface area contributed by atoms with Crippen LogP contribution in [0.4, 0.5) is 0 Å². The van der Waals surface area contributed by atoms with Gasteiger partial charge in [0.15, 0.2) is 5.96 Å². The summed E-state index contributed by atoms with van der Waals surface area (Å²) in [6.45, 7) is 11.1. The third kappa shape index (κ3) is 5.37. The van der Waals surface area contributed by atoms with Crippen LogP contribution in [-0.2, 0) is 4.74 Å². The van der Waals surface area contributed by atoms with E-state index in [0.717, 1.165) is 57.8 Å². The largest absolute Gasteiger partial charge is 0.379 e. The molecule has 1 atom stereocenters. The summed E-state index contributed by atoms with van der Waals surface area (Å²) in [5.41, 5.74) is 6.10. The molecule has 118 valence electrons. The molecule has 0 aliphatic carbocycles. The lowest BCUT2D eigenvalue weighted by Crippen LogP contribution is -2.45. The van der Waals surface area contributed by atoms with Gasteiger partial charge in [0.05, 0.1) is 19.8 Å². The van der Waals surface area contributed by atoms with Crippen molar-refractivity contribution < 1.29 is 4.74 Å². The van der Waals surface area contributed by atoms with Crippen LogP contribution in [0.2, 0.25) is 0 Å². The van der Waals surface area contributed by atoms with E-state index in [9.17, 15) is 0 Å². The number of hydrogen-bond acceptors (Lipinski definition) is 3. The summed E-state index contributed by atoms with van der Waals surface area (Å²) in [5.74, 6) is 1.56. The Labute approximate surface area is 139 Å². The van der Waals surface area contributed by atoms with E-state index < -0.39 is 0 Å². The summed E-state index contributed by atoms with van der Waals surface area (Å²) in [5, 5.41) is 0. The molecule has 1 unspecified atom stereocenters. The first-order valence-corrected chi connectivity index (χ1v) is 7.53. The van der Waals surface area contributed by atoms with E-state index in [4.69, 9.17) is 10.5 Å². The number of likely N-dealkylation sites (tertiary alicyclic amines) is 1. The van der Waals surface area contributed by atoms with Crippen LogP contribution in [0.1, 0.15) is 26.7 Å². The van der Waals surface area contributed by atoms with Gasteiger partial charge in [0.25, 0.3) is 0 Å². The van der Waals surface area contributed by atoms with E-state index in [1.54, 1.807) is 0 Å². The molecule has 2 saturated heterocycles. The number of halogens is 1. The van der Waals surface area contributed by atoms with Crippen LogP contribution in [0.3, 0.4) is 0 Å². The minimum atomic E-state index is 0. The van der Waals surface area contributed by atoms with Crippen molar-refractivity contribution in [2.45, 2.75) is 32.7 Å². The van der Waals surface area contributed by atoms with Crippen molar-refractivity contribution in [1.82, 2.24) is 9.80 Å². The highest BCUT2D eigenvalue weighted by Crippen LogP contribution is 2.15. The van der Waals surface area contributed by atoms with Gasteiger partial charge in [-0.3, -0.25) is 9.89 Å². The van der Waals surface area contributed by atoms with Gasteiger partial charge in [0, 0.05) is 32.2 Å². The number of nitrogens with zero attached hydrogens (tertiary/aromatic N) is 3. The number of nitrogens with two attached hydrogens (primary N) is 1. The molecular weight excluding hydrogens is 367 g/mol. The fraction of sp³-hybridized carbons (Fsp3) is 0.929. The highest BCUT2D eigenvalue weighted by molar-refractivity contribution is 14.0. The zero-order valence-electron chi connectivity index (χ0n) is 12.8. The molecule has 6 heteroatoms. The molecule has 0 amide bonds. The first kappa shape index (κ1) is 18.0. The number of hydrogen-bond donors (Lipinski definition) is 1. The van der Waals surface area contributed by atoms with Crippen LogP contribution in [-0.4, -0.2) is 67.7 Å². The van der Waals surface area contributed by atoms with Gasteiger partial charge in [-0.1, -0.05) is 6.92 Å². The molecule has 2 fully saturated rings. The van der Waals surface area contributed by atoms with Gasteiger partial charge >= 0.3 is 0 Å². The molecule has 2 rings (SSSR count). The van der Waals surface area contributed by atoms with Crippen molar-refractivity contribution >= 4 is 29.9 Å². The molecule has 2 N–H and O–H groups in total. The molecule has 0 aromatic carbocycles. The average molecular weight is 396 g/mol. The van der Waals surface area contributed by atoms with Crippen LogP contribution in [0.25, 0.3) is 0 Å². The van der Waals surface area contributed by atoms with Gasteiger partial charge in [0.2, 0.25) is 0 Å². The Morgan fingerprint density at radius 3 is 2.45 bits per heavy atom. The monoisotopic (exact) mass is 396 g/mol. The number of morpholine rings is 1. The van der Waals surface area contributed by atoms with Crippen molar-refractivity contribution in [3.63, 3.8) is 0 Å². The predicted octanol–water partition coefficient (Wildman–Crippen LogP) is 1.37. The number of aliphatic imine (C=N–C) groups is 1. The first-order valence-electron chi connectivity index (χ1n) is 7.53. The Bertz CT molecular complexity index is 300. The van der Waals surface area contributed by atoms with E-state index in [-0.39, 0.29) is 24.0 Å². The summed E-state index contributed by atoms with van der Waals surface area (Å²) in [7, 11) is 0. The maximum atomic E-state index is 6.10. The SMILES string of the molecule is CC1CCN(C(N)=NCC(C)N2CCOCC2)CC1.I. The first-order chi connectivity index (χ1) is 9.16. The van der Waals surface area contributed by atoms with Crippen LogP contribution in [0, 0.1) is 5.92 Å². The molecule has 5 nitrogen and oxygen atoms in total. The second kappa shape index (κ2) is 9.04. The fourth-order valence-electron chi connectivity index (χ4n) is 2.70. The Morgan fingerprint density at radius 2 is 1.85 bits per heavy atom.